The molecule has 3 aromatic rings. The van der Waals surface area contributed by atoms with Gasteiger partial charge >= 0.3 is 0 Å². The van der Waals surface area contributed by atoms with Gasteiger partial charge in [-0.25, -0.2) is 9.97 Å². The van der Waals surface area contributed by atoms with Crippen molar-refractivity contribution < 1.29 is 0 Å². The number of aromatic nitrogens is 4. The van der Waals surface area contributed by atoms with Gasteiger partial charge in [0, 0.05) is 19.2 Å². The zero-order valence-corrected chi connectivity index (χ0v) is 13.0. The lowest BCUT2D eigenvalue weighted by Crippen LogP contribution is -2.00. The van der Waals surface area contributed by atoms with Crippen molar-refractivity contribution in [3.8, 4) is 0 Å². The maximum absolute atomic E-state index is 4.55. The average Bonchev–Trinajstić information content (AvgIpc) is 2.96. The van der Waals surface area contributed by atoms with Crippen molar-refractivity contribution in [2.75, 3.05) is 0 Å². The number of hydrogen-bond donors (Lipinski definition) is 0. The molecule has 2 heterocycles. The number of nitrogens with zero attached hydrogens (tertiary/aromatic N) is 4. The van der Waals surface area contributed by atoms with Crippen LogP contribution in [0.1, 0.15) is 37.6 Å². The van der Waals surface area contributed by atoms with Gasteiger partial charge in [0.15, 0.2) is 5.65 Å². The van der Waals surface area contributed by atoms with Crippen molar-refractivity contribution in [2.45, 2.75) is 45.6 Å². The van der Waals surface area contributed by atoms with E-state index < -0.39 is 0 Å². The molecular weight excluding hydrogens is 272 g/mol. The van der Waals surface area contributed by atoms with Crippen LogP contribution in [0, 0.1) is 6.20 Å². The van der Waals surface area contributed by atoms with Gasteiger partial charge in [0.1, 0.15) is 12.0 Å². The Bertz CT molecular complexity index is 718. The van der Waals surface area contributed by atoms with E-state index in [1.807, 2.05) is 16.9 Å². The number of unbranched alkanes of at least 4 members (excludes halogenated alkanes) is 1. The van der Waals surface area contributed by atoms with Crippen molar-refractivity contribution >= 4 is 11.0 Å². The van der Waals surface area contributed by atoms with Gasteiger partial charge in [-0.05, 0) is 24.8 Å². The average molecular weight is 293 g/mol. The molecule has 0 amide bonds. The van der Waals surface area contributed by atoms with Crippen molar-refractivity contribution in [1.29, 1.82) is 0 Å². The Balaban J connectivity index is 1.62. The first-order valence-electron chi connectivity index (χ1n) is 8.01. The van der Waals surface area contributed by atoms with E-state index in [4.69, 9.17) is 0 Å². The van der Waals surface area contributed by atoms with Crippen molar-refractivity contribution in [1.82, 2.24) is 19.7 Å². The number of benzene rings is 1. The minimum Gasteiger partial charge on any atom is -0.270 e. The fourth-order valence-corrected chi connectivity index (χ4v) is 2.50. The van der Waals surface area contributed by atoms with Crippen LogP contribution in [-0.4, -0.2) is 19.7 Å². The number of fused-ring (bicyclic) bond motifs is 1. The van der Waals surface area contributed by atoms with Crippen LogP contribution < -0.4 is 0 Å². The van der Waals surface area contributed by atoms with Crippen LogP contribution in [-0.2, 0) is 19.4 Å². The van der Waals surface area contributed by atoms with Crippen LogP contribution in [0.25, 0.3) is 11.0 Å². The first kappa shape index (κ1) is 14.7. The highest BCUT2D eigenvalue weighted by Gasteiger charge is 2.05. The largest absolute Gasteiger partial charge is 0.270 e. The molecule has 0 aliphatic carbocycles. The molecule has 0 aliphatic rings. The molecular formula is C18H21N4. The minimum absolute atomic E-state index is 0.765. The standard InChI is InChI=1S/C18H21N4/c1-2-3-11-17-19-13-16-14-22(21-18(16)20-17)12-7-10-15-8-5-4-6-9-15/h4-6,8-9,14H,2-3,7,10-12H2,1H3. The molecule has 0 spiro atoms. The Morgan fingerprint density at radius 2 is 1.95 bits per heavy atom. The maximum Gasteiger partial charge on any atom is 0.185 e. The van der Waals surface area contributed by atoms with Crippen LogP contribution >= 0.6 is 0 Å². The van der Waals surface area contributed by atoms with Crippen molar-refractivity contribution in [3.63, 3.8) is 0 Å². The van der Waals surface area contributed by atoms with Crippen LogP contribution in [0.5, 0.6) is 0 Å². The normalized spacial score (nSPS) is 11.1. The molecule has 4 nitrogen and oxygen atoms in total. The van der Waals surface area contributed by atoms with Gasteiger partial charge in [-0.2, -0.15) is 5.10 Å². The van der Waals surface area contributed by atoms with Gasteiger partial charge in [0.25, 0.3) is 0 Å². The lowest BCUT2D eigenvalue weighted by atomic mass is 10.1. The third-order valence-electron chi connectivity index (χ3n) is 3.73. The van der Waals surface area contributed by atoms with Crippen LogP contribution in [0.4, 0.5) is 0 Å². The fourth-order valence-electron chi connectivity index (χ4n) is 2.50. The highest BCUT2D eigenvalue weighted by molar-refractivity contribution is 5.71. The molecule has 0 saturated carbocycles. The third kappa shape index (κ3) is 3.70. The van der Waals surface area contributed by atoms with Gasteiger partial charge in [-0.1, -0.05) is 43.7 Å². The summed E-state index contributed by atoms with van der Waals surface area (Å²) >= 11 is 0. The predicted molar refractivity (Wildman–Crippen MR) is 87.5 cm³/mol. The van der Waals surface area contributed by atoms with E-state index in [2.05, 4.69) is 52.5 Å². The highest BCUT2D eigenvalue weighted by Crippen LogP contribution is 2.10. The Hall–Kier alpha value is -2.23. The lowest BCUT2D eigenvalue weighted by molar-refractivity contribution is 0.582. The minimum atomic E-state index is 0.765. The molecule has 3 rings (SSSR count). The first-order chi connectivity index (χ1) is 10.8. The molecule has 1 radical (unpaired) electrons. The molecule has 0 atom stereocenters. The molecule has 1 aromatic carbocycles. The molecule has 0 saturated heterocycles. The van der Waals surface area contributed by atoms with Gasteiger partial charge < -0.3 is 0 Å². The molecule has 0 unspecified atom stereocenters. The van der Waals surface area contributed by atoms with Crippen LogP contribution in [0.2, 0.25) is 0 Å². The Kier molecular flexibility index (Phi) is 4.78. The van der Waals surface area contributed by atoms with Crippen LogP contribution in [0.3, 0.4) is 0 Å². The van der Waals surface area contributed by atoms with E-state index in [9.17, 15) is 0 Å². The quantitative estimate of drug-likeness (QED) is 0.668. The third-order valence-corrected chi connectivity index (χ3v) is 3.73. The second-order valence-electron chi connectivity index (χ2n) is 5.57. The summed E-state index contributed by atoms with van der Waals surface area (Å²) in [6, 6.07) is 10.5. The van der Waals surface area contributed by atoms with Crippen LogP contribution in [0.15, 0.2) is 36.5 Å². The number of hydrogen-bond acceptors (Lipinski definition) is 3. The Morgan fingerprint density at radius 1 is 1.09 bits per heavy atom. The van der Waals surface area contributed by atoms with E-state index in [1.165, 1.54) is 5.56 Å². The number of rotatable bonds is 7. The summed E-state index contributed by atoms with van der Waals surface area (Å²) in [5, 5.41) is 5.45. The van der Waals surface area contributed by atoms with Crippen molar-refractivity contribution in [2.24, 2.45) is 0 Å². The molecule has 0 fully saturated rings. The highest BCUT2D eigenvalue weighted by atomic mass is 15.3. The lowest BCUT2D eigenvalue weighted by Gasteiger charge is -2.01. The van der Waals surface area contributed by atoms with E-state index in [0.29, 0.717) is 0 Å². The molecule has 22 heavy (non-hydrogen) atoms. The van der Waals surface area contributed by atoms with Gasteiger partial charge in [0.05, 0.1) is 5.39 Å². The second-order valence-corrected chi connectivity index (χ2v) is 5.57. The van der Waals surface area contributed by atoms with E-state index in [0.717, 1.165) is 55.5 Å². The monoisotopic (exact) mass is 293 g/mol. The first-order valence-corrected chi connectivity index (χ1v) is 8.01. The Morgan fingerprint density at radius 3 is 2.77 bits per heavy atom. The molecule has 0 bridgehead atoms. The summed E-state index contributed by atoms with van der Waals surface area (Å²) < 4.78 is 1.96. The fraction of sp³-hybridized carbons (Fsp3) is 0.389. The SMILES string of the molecule is CCCCc1n[c]c2cn(CCCc3ccccc3)nc2n1. The zero-order chi connectivity index (χ0) is 15.2. The summed E-state index contributed by atoms with van der Waals surface area (Å²) in [6.07, 6.45) is 10.3. The van der Waals surface area contributed by atoms with Gasteiger partial charge in [-0.15, -0.1) is 0 Å². The van der Waals surface area contributed by atoms with Gasteiger partial charge in [0.2, 0.25) is 0 Å². The predicted octanol–water partition coefficient (Wildman–Crippen LogP) is 3.60. The van der Waals surface area contributed by atoms with E-state index in [-0.39, 0.29) is 0 Å². The topological polar surface area (TPSA) is 43.6 Å². The maximum atomic E-state index is 4.55. The summed E-state index contributed by atoms with van der Waals surface area (Å²) in [5.74, 6) is 0.851. The summed E-state index contributed by atoms with van der Waals surface area (Å²) in [7, 11) is 0. The summed E-state index contributed by atoms with van der Waals surface area (Å²) in [5.41, 5.74) is 2.13. The zero-order valence-electron chi connectivity index (χ0n) is 13.0. The Labute approximate surface area is 131 Å². The van der Waals surface area contributed by atoms with E-state index >= 15 is 0 Å². The molecule has 0 N–H and O–H groups in total. The van der Waals surface area contributed by atoms with E-state index in [1.54, 1.807) is 0 Å². The summed E-state index contributed by atoms with van der Waals surface area (Å²) in [4.78, 5) is 8.82. The molecule has 2 aromatic heterocycles. The van der Waals surface area contributed by atoms with Gasteiger partial charge in [-0.3, -0.25) is 4.68 Å². The molecule has 0 aliphatic heterocycles. The summed E-state index contributed by atoms with van der Waals surface area (Å²) in [6.45, 7) is 3.06. The second kappa shape index (κ2) is 7.16. The molecule has 4 heteroatoms. The number of aryl methyl sites for hydroxylation is 3. The smallest absolute Gasteiger partial charge is 0.185 e. The molecule has 113 valence electrons. The van der Waals surface area contributed by atoms with Crippen molar-refractivity contribution in [3.05, 3.63) is 54.1 Å².